The monoisotopic (exact) mass is 264 g/mol. The van der Waals surface area contributed by atoms with E-state index in [2.05, 4.69) is 0 Å². The predicted octanol–water partition coefficient (Wildman–Crippen LogP) is 0.791. The molecule has 2 aromatic rings. The van der Waals surface area contributed by atoms with Crippen LogP contribution in [0.4, 0.5) is 0 Å². The van der Waals surface area contributed by atoms with Gasteiger partial charge < -0.3 is 19.4 Å². The van der Waals surface area contributed by atoms with Gasteiger partial charge in [-0.15, -0.1) is 0 Å². The molecular weight excluding hydrogens is 252 g/mol. The van der Waals surface area contributed by atoms with Crippen LogP contribution < -0.4 is 10.4 Å². The van der Waals surface area contributed by atoms with Gasteiger partial charge in [0, 0.05) is 17.5 Å². The second-order valence-electron chi connectivity index (χ2n) is 3.89. The van der Waals surface area contributed by atoms with Gasteiger partial charge in [0.25, 0.3) is 0 Å². The molecule has 0 unspecified atom stereocenters. The number of ether oxygens (including phenoxy) is 1. The fourth-order valence-corrected chi connectivity index (χ4v) is 1.77. The molecule has 0 aliphatic carbocycles. The number of carboxylic acid groups (broad SMARTS) is 1. The molecule has 1 aromatic carbocycles. The Balaban J connectivity index is 2.48. The maximum Gasteiger partial charge on any atom is 0.336 e. The van der Waals surface area contributed by atoms with Crippen molar-refractivity contribution in [2.45, 2.75) is 6.42 Å². The summed E-state index contributed by atoms with van der Waals surface area (Å²) >= 11 is 0. The minimum Gasteiger partial charge on any atom is -0.491 e. The maximum atomic E-state index is 11.4. The number of carboxylic acids is 1. The molecule has 1 heterocycles. The van der Waals surface area contributed by atoms with Crippen LogP contribution in [0.1, 0.15) is 5.56 Å². The molecule has 2 N–H and O–H groups in total. The maximum absolute atomic E-state index is 11.4. The SMILES string of the molecule is O=C(O)Cc1cc(=O)oc2cc(OCCO)ccc12. The van der Waals surface area contributed by atoms with E-state index in [1.54, 1.807) is 12.1 Å². The molecule has 2 rings (SSSR count). The van der Waals surface area contributed by atoms with Crippen molar-refractivity contribution in [2.24, 2.45) is 0 Å². The minimum absolute atomic E-state index is 0.124. The highest BCUT2D eigenvalue weighted by Gasteiger charge is 2.10. The largest absolute Gasteiger partial charge is 0.491 e. The summed E-state index contributed by atoms with van der Waals surface area (Å²) in [5, 5.41) is 18.0. The highest BCUT2D eigenvalue weighted by molar-refractivity contribution is 5.85. The van der Waals surface area contributed by atoms with Crippen molar-refractivity contribution in [1.29, 1.82) is 0 Å². The van der Waals surface area contributed by atoms with Crippen molar-refractivity contribution >= 4 is 16.9 Å². The topological polar surface area (TPSA) is 97.0 Å². The summed E-state index contributed by atoms with van der Waals surface area (Å²) in [7, 11) is 0. The molecule has 0 amide bonds. The molecule has 0 aliphatic heterocycles. The van der Waals surface area contributed by atoms with E-state index in [9.17, 15) is 9.59 Å². The predicted molar refractivity (Wildman–Crippen MR) is 66.4 cm³/mol. The van der Waals surface area contributed by atoms with Gasteiger partial charge in [0.05, 0.1) is 13.0 Å². The zero-order valence-corrected chi connectivity index (χ0v) is 9.96. The summed E-state index contributed by atoms with van der Waals surface area (Å²) in [6, 6.07) is 5.93. The molecular formula is C13H12O6. The Morgan fingerprint density at radius 1 is 1.32 bits per heavy atom. The molecule has 0 saturated heterocycles. The van der Waals surface area contributed by atoms with Crippen LogP contribution in [0, 0.1) is 0 Å². The van der Waals surface area contributed by atoms with E-state index >= 15 is 0 Å². The Morgan fingerprint density at radius 2 is 2.11 bits per heavy atom. The van der Waals surface area contributed by atoms with Crippen LogP contribution in [0.25, 0.3) is 11.0 Å². The number of aliphatic hydroxyl groups is 1. The lowest BCUT2D eigenvalue weighted by Crippen LogP contribution is -2.06. The van der Waals surface area contributed by atoms with Crippen LogP contribution in [0.5, 0.6) is 5.75 Å². The van der Waals surface area contributed by atoms with Crippen molar-refractivity contribution in [2.75, 3.05) is 13.2 Å². The number of hydrogen-bond donors (Lipinski definition) is 2. The first-order valence-electron chi connectivity index (χ1n) is 5.62. The van der Waals surface area contributed by atoms with E-state index in [4.69, 9.17) is 19.4 Å². The van der Waals surface area contributed by atoms with Crippen molar-refractivity contribution in [3.05, 3.63) is 40.2 Å². The normalized spacial score (nSPS) is 10.6. The zero-order chi connectivity index (χ0) is 13.8. The summed E-state index contributed by atoms with van der Waals surface area (Å²) in [6.07, 6.45) is -0.251. The van der Waals surface area contributed by atoms with Crippen molar-refractivity contribution in [3.8, 4) is 5.75 Å². The Hall–Kier alpha value is -2.34. The average Bonchev–Trinajstić information content (AvgIpc) is 2.35. The minimum atomic E-state index is -1.02. The van der Waals surface area contributed by atoms with Crippen LogP contribution in [0.15, 0.2) is 33.5 Å². The number of benzene rings is 1. The molecule has 0 bridgehead atoms. The molecule has 0 fully saturated rings. The number of fused-ring (bicyclic) bond motifs is 1. The third-order valence-corrected chi connectivity index (χ3v) is 2.50. The standard InChI is InChI=1S/C13H12O6/c14-3-4-18-9-1-2-10-8(5-12(15)16)6-13(17)19-11(10)7-9/h1-2,6-7,14H,3-5H2,(H,15,16). The molecule has 6 nitrogen and oxygen atoms in total. The van der Waals surface area contributed by atoms with Crippen LogP contribution in [-0.4, -0.2) is 29.4 Å². The van der Waals surface area contributed by atoms with E-state index in [0.717, 1.165) is 0 Å². The number of carbonyl (C=O) groups is 1. The fraction of sp³-hybridized carbons (Fsp3) is 0.231. The zero-order valence-electron chi connectivity index (χ0n) is 9.96. The van der Waals surface area contributed by atoms with E-state index in [1.165, 1.54) is 12.1 Å². The number of rotatable bonds is 5. The van der Waals surface area contributed by atoms with E-state index < -0.39 is 11.6 Å². The molecule has 0 saturated carbocycles. The van der Waals surface area contributed by atoms with Gasteiger partial charge in [-0.2, -0.15) is 0 Å². The quantitative estimate of drug-likeness (QED) is 0.775. The lowest BCUT2D eigenvalue weighted by Gasteiger charge is -2.06. The van der Waals surface area contributed by atoms with Crippen LogP contribution in [0.3, 0.4) is 0 Å². The Morgan fingerprint density at radius 3 is 2.79 bits per heavy atom. The fourth-order valence-electron chi connectivity index (χ4n) is 1.77. The third-order valence-electron chi connectivity index (χ3n) is 2.50. The van der Waals surface area contributed by atoms with Crippen molar-refractivity contribution < 1.29 is 24.2 Å². The highest BCUT2D eigenvalue weighted by Crippen LogP contribution is 2.23. The van der Waals surface area contributed by atoms with E-state index in [1.807, 2.05) is 0 Å². The Labute approximate surface area is 107 Å². The number of aliphatic carboxylic acids is 1. The molecule has 6 heteroatoms. The lowest BCUT2D eigenvalue weighted by molar-refractivity contribution is -0.136. The summed E-state index contributed by atoms with van der Waals surface area (Å²) in [5.74, 6) is -0.579. The van der Waals surface area contributed by atoms with Crippen LogP contribution >= 0.6 is 0 Å². The van der Waals surface area contributed by atoms with Crippen molar-refractivity contribution in [3.63, 3.8) is 0 Å². The summed E-state index contributed by atoms with van der Waals surface area (Å²) < 4.78 is 10.2. The third kappa shape index (κ3) is 3.11. The van der Waals surface area contributed by atoms with Gasteiger partial charge in [-0.1, -0.05) is 0 Å². The second kappa shape index (κ2) is 5.53. The molecule has 19 heavy (non-hydrogen) atoms. The molecule has 0 spiro atoms. The molecule has 100 valence electrons. The molecule has 0 aliphatic rings. The first kappa shape index (κ1) is 13.1. The van der Waals surface area contributed by atoms with E-state index in [0.29, 0.717) is 16.7 Å². The summed E-state index contributed by atoms with van der Waals surface area (Å²) in [5.41, 5.74) is 0.0507. The Kier molecular flexibility index (Phi) is 3.82. The summed E-state index contributed by atoms with van der Waals surface area (Å²) in [6.45, 7) is 0.00555. The molecule has 1 aromatic heterocycles. The number of hydrogen-bond acceptors (Lipinski definition) is 5. The summed E-state index contributed by atoms with van der Waals surface area (Å²) in [4.78, 5) is 22.1. The lowest BCUT2D eigenvalue weighted by atomic mass is 10.1. The van der Waals surface area contributed by atoms with E-state index in [-0.39, 0.29) is 25.2 Å². The first-order chi connectivity index (χ1) is 9.10. The van der Waals surface area contributed by atoms with Gasteiger partial charge in [-0.25, -0.2) is 4.79 Å². The van der Waals surface area contributed by atoms with Crippen LogP contribution in [-0.2, 0) is 11.2 Å². The van der Waals surface area contributed by atoms with Crippen molar-refractivity contribution in [1.82, 2.24) is 0 Å². The van der Waals surface area contributed by atoms with Gasteiger partial charge in [0.2, 0.25) is 0 Å². The first-order valence-corrected chi connectivity index (χ1v) is 5.62. The average molecular weight is 264 g/mol. The molecule has 0 atom stereocenters. The van der Waals surface area contributed by atoms with Crippen LogP contribution in [0.2, 0.25) is 0 Å². The van der Waals surface area contributed by atoms with Gasteiger partial charge in [0.15, 0.2) is 0 Å². The highest BCUT2D eigenvalue weighted by atomic mass is 16.5. The second-order valence-corrected chi connectivity index (χ2v) is 3.89. The molecule has 0 radical (unpaired) electrons. The van der Waals surface area contributed by atoms with Gasteiger partial charge in [-0.05, 0) is 17.7 Å². The smallest absolute Gasteiger partial charge is 0.336 e. The van der Waals surface area contributed by atoms with Gasteiger partial charge >= 0.3 is 11.6 Å². The van der Waals surface area contributed by atoms with Gasteiger partial charge in [0.1, 0.15) is 17.9 Å². The van der Waals surface area contributed by atoms with Gasteiger partial charge in [-0.3, -0.25) is 4.79 Å². The Bertz CT molecular complexity index is 658. The number of aliphatic hydroxyl groups excluding tert-OH is 1.